The maximum Gasteiger partial charge on any atom is 0.325 e. The van der Waals surface area contributed by atoms with Gasteiger partial charge in [-0.25, -0.2) is 0 Å². The maximum absolute atomic E-state index is 11.9. The summed E-state index contributed by atoms with van der Waals surface area (Å²) in [6.07, 6.45) is 0.142. The molecule has 0 aliphatic carbocycles. The molecule has 142 valence electrons. The van der Waals surface area contributed by atoms with Crippen LogP contribution in [0.3, 0.4) is 0 Å². The number of benzene rings is 1. The van der Waals surface area contributed by atoms with Crippen LogP contribution in [-0.2, 0) is 19.1 Å². The molecule has 0 aliphatic heterocycles. The zero-order valence-corrected chi connectivity index (χ0v) is 15.5. The molecule has 1 aromatic carbocycles. The third kappa shape index (κ3) is 7.33. The Morgan fingerprint density at radius 2 is 1.62 bits per heavy atom. The highest BCUT2D eigenvalue weighted by Crippen LogP contribution is 2.12. The van der Waals surface area contributed by atoms with Crippen LogP contribution in [0, 0.1) is 5.41 Å². The van der Waals surface area contributed by atoms with Crippen molar-refractivity contribution in [1.82, 2.24) is 10.6 Å². The van der Waals surface area contributed by atoms with E-state index in [2.05, 4.69) is 20.7 Å². The van der Waals surface area contributed by atoms with Gasteiger partial charge >= 0.3 is 5.97 Å². The van der Waals surface area contributed by atoms with Crippen LogP contribution >= 0.6 is 0 Å². The molecule has 0 unspecified atom stereocenters. The van der Waals surface area contributed by atoms with Crippen LogP contribution in [0.1, 0.15) is 37.6 Å². The molecule has 3 amide bonds. The quantitative estimate of drug-likeness (QED) is 0.627. The van der Waals surface area contributed by atoms with Crippen molar-refractivity contribution >= 4 is 29.4 Å². The lowest BCUT2D eigenvalue weighted by atomic mass is 9.96. The number of hydrogen-bond acceptors (Lipinski definition) is 5. The lowest BCUT2D eigenvalue weighted by Gasteiger charge is -2.17. The summed E-state index contributed by atoms with van der Waals surface area (Å²) in [5.74, 6) is -1.33. The first-order chi connectivity index (χ1) is 12.1. The van der Waals surface area contributed by atoms with Crippen LogP contribution in [0.2, 0.25) is 0 Å². The Kier molecular flexibility index (Phi) is 7.77. The van der Waals surface area contributed by atoms with Crippen LogP contribution in [-0.4, -0.2) is 43.9 Å². The van der Waals surface area contributed by atoms with Crippen LogP contribution in [0.15, 0.2) is 24.3 Å². The maximum atomic E-state index is 11.9. The lowest BCUT2D eigenvalue weighted by Crippen LogP contribution is -2.36. The molecule has 0 heterocycles. The zero-order valence-electron chi connectivity index (χ0n) is 15.5. The van der Waals surface area contributed by atoms with Crippen molar-refractivity contribution in [2.24, 2.45) is 5.41 Å². The highest BCUT2D eigenvalue weighted by Gasteiger charge is 2.20. The SMILES string of the molecule is COC(=O)CNC(=O)c1ccc(NC(=O)CCNC(=O)C(C)(C)C)cc1. The Morgan fingerprint density at radius 1 is 1.00 bits per heavy atom. The van der Waals surface area contributed by atoms with E-state index in [1.54, 1.807) is 32.9 Å². The Bertz CT molecular complexity index is 662. The second kappa shape index (κ2) is 9.55. The van der Waals surface area contributed by atoms with E-state index in [4.69, 9.17) is 0 Å². The molecule has 0 atom stereocenters. The predicted molar refractivity (Wildman–Crippen MR) is 96.5 cm³/mol. The highest BCUT2D eigenvalue weighted by atomic mass is 16.5. The summed E-state index contributed by atoms with van der Waals surface area (Å²) >= 11 is 0. The number of carbonyl (C=O) groups is 4. The number of nitrogens with one attached hydrogen (secondary N) is 3. The van der Waals surface area contributed by atoms with Gasteiger partial charge in [0, 0.05) is 29.6 Å². The molecule has 26 heavy (non-hydrogen) atoms. The fraction of sp³-hybridized carbons (Fsp3) is 0.444. The third-order valence-corrected chi connectivity index (χ3v) is 3.37. The van der Waals surface area contributed by atoms with Gasteiger partial charge in [-0.05, 0) is 24.3 Å². The summed E-state index contributed by atoms with van der Waals surface area (Å²) in [6.45, 7) is 5.42. The molecule has 3 N–H and O–H groups in total. The largest absolute Gasteiger partial charge is 0.468 e. The number of carbonyl (C=O) groups excluding carboxylic acids is 4. The summed E-state index contributed by atoms with van der Waals surface area (Å²) in [7, 11) is 1.24. The van der Waals surface area contributed by atoms with E-state index in [1.165, 1.54) is 19.2 Å². The van der Waals surface area contributed by atoms with E-state index >= 15 is 0 Å². The second-order valence-corrected chi connectivity index (χ2v) is 6.64. The first-order valence-electron chi connectivity index (χ1n) is 8.16. The molecule has 0 saturated carbocycles. The van der Waals surface area contributed by atoms with Gasteiger partial charge in [0.2, 0.25) is 11.8 Å². The minimum atomic E-state index is -0.541. The summed E-state index contributed by atoms with van der Waals surface area (Å²) in [6, 6.07) is 6.23. The van der Waals surface area contributed by atoms with E-state index in [9.17, 15) is 19.2 Å². The molecule has 8 heteroatoms. The number of ether oxygens (including phenoxy) is 1. The van der Waals surface area contributed by atoms with Gasteiger partial charge in [-0.15, -0.1) is 0 Å². The molecule has 0 fully saturated rings. The number of methoxy groups -OCH3 is 1. The Labute approximate surface area is 152 Å². The smallest absolute Gasteiger partial charge is 0.325 e. The van der Waals surface area contributed by atoms with Gasteiger partial charge < -0.3 is 20.7 Å². The van der Waals surface area contributed by atoms with Crippen molar-refractivity contribution in [3.8, 4) is 0 Å². The topological polar surface area (TPSA) is 114 Å². The van der Waals surface area contributed by atoms with Crippen LogP contribution in [0.4, 0.5) is 5.69 Å². The summed E-state index contributed by atoms with van der Waals surface area (Å²) in [4.78, 5) is 46.4. The molecular formula is C18H25N3O5. The molecule has 0 spiro atoms. The summed E-state index contributed by atoms with van der Waals surface area (Å²) < 4.78 is 4.44. The molecule has 0 radical (unpaired) electrons. The first-order valence-corrected chi connectivity index (χ1v) is 8.16. The van der Waals surface area contributed by atoms with E-state index < -0.39 is 17.3 Å². The van der Waals surface area contributed by atoms with Gasteiger partial charge in [0.25, 0.3) is 5.91 Å². The average molecular weight is 363 g/mol. The van der Waals surface area contributed by atoms with Crippen molar-refractivity contribution in [2.75, 3.05) is 25.5 Å². The molecule has 0 aliphatic rings. The number of hydrogen-bond donors (Lipinski definition) is 3. The van der Waals surface area contributed by atoms with Crippen molar-refractivity contribution in [3.05, 3.63) is 29.8 Å². The van der Waals surface area contributed by atoms with Gasteiger partial charge in [-0.2, -0.15) is 0 Å². The summed E-state index contributed by atoms with van der Waals surface area (Å²) in [5.41, 5.74) is 0.381. The highest BCUT2D eigenvalue weighted by molar-refractivity contribution is 5.97. The lowest BCUT2D eigenvalue weighted by molar-refractivity contribution is -0.139. The minimum absolute atomic E-state index is 0.118. The van der Waals surface area contributed by atoms with Crippen molar-refractivity contribution in [2.45, 2.75) is 27.2 Å². The minimum Gasteiger partial charge on any atom is -0.468 e. The molecular weight excluding hydrogens is 338 g/mol. The monoisotopic (exact) mass is 363 g/mol. The zero-order chi connectivity index (χ0) is 19.7. The van der Waals surface area contributed by atoms with Gasteiger partial charge in [0.05, 0.1) is 7.11 Å². The Balaban J connectivity index is 2.44. The molecule has 0 saturated heterocycles. The molecule has 8 nitrogen and oxygen atoms in total. The number of esters is 1. The normalized spacial score (nSPS) is 10.6. The van der Waals surface area contributed by atoms with E-state index in [1.807, 2.05) is 0 Å². The molecule has 0 aromatic heterocycles. The van der Waals surface area contributed by atoms with E-state index in [0.29, 0.717) is 11.3 Å². The fourth-order valence-corrected chi connectivity index (χ4v) is 1.81. The van der Waals surface area contributed by atoms with Crippen LogP contribution in [0.5, 0.6) is 0 Å². The molecule has 1 rings (SSSR count). The van der Waals surface area contributed by atoms with Crippen LogP contribution < -0.4 is 16.0 Å². The molecule has 0 bridgehead atoms. The predicted octanol–water partition coefficient (Wildman–Crippen LogP) is 1.08. The standard InChI is InChI=1S/C18H25N3O5/c1-18(2,3)17(25)19-10-9-14(22)21-13-7-5-12(6-8-13)16(24)20-11-15(23)26-4/h5-8H,9-11H2,1-4H3,(H,19,25)(H,20,24)(H,21,22). The number of rotatable bonds is 7. The summed E-state index contributed by atoms with van der Waals surface area (Å²) in [5, 5.41) is 7.80. The Morgan fingerprint density at radius 3 is 2.15 bits per heavy atom. The van der Waals surface area contributed by atoms with Crippen LogP contribution in [0.25, 0.3) is 0 Å². The second-order valence-electron chi connectivity index (χ2n) is 6.64. The van der Waals surface area contributed by atoms with Gasteiger partial charge in [0.15, 0.2) is 0 Å². The number of amides is 3. The van der Waals surface area contributed by atoms with Gasteiger partial charge in [0.1, 0.15) is 6.54 Å². The van der Waals surface area contributed by atoms with Crippen molar-refractivity contribution < 1.29 is 23.9 Å². The van der Waals surface area contributed by atoms with Gasteiger partial charge in [-0.3, -0.25) is 19.2 Å². The Hall–Kier alpha value is -2.90. The van der Waals surface area contributed by atoms with E-state index in [-0.39, 0.29) is 31.3 Å². The average Bonchev–Trinajstić information content (AvgIpc) is 2.59. The van der Waals surface area contributed by atoms with Crippen molar-refractivity contribution in [1.29, 1.82) is 0 Å². The first kappa shape index (κ1) is 21.1. The number of anilines is 1. The molecule has 1 aromatic rings. The third-order valence-electron chi connectivity index (χ3n) is 3.37. The fourth-order valence-electron chi connectivity index (χ4n) is 1.81. The van der Waals surface area contributed by atoms with E-state index in [0.717, 1.165) is 0 Å². The van der Waals surface area contributed by atoms with Crippen molar-refractivity contribution in [3.63, 3.8) is 0 Å². The van der Waals surface area contributed by atoms with Gasteiger partial charge in [-0.1, -0.05) is 20.8 Å².